The van der Waals surface area contributed by atoms with Crippen molar-refractivity contribution in [3.05, 3.63) is 48.0 Å². The van der Waals surface area contributed by atoms with E-state index in [-0.39, 0.29) is 5.82 Å². The van der Waals surface area contributed by atoms with Crippen LogP contribution < -0.4 is 5.32 Å². The van der Waals surface area contributed by atoms with Crippen LogP contribution in [0, 0.1) is 5.82 Å². The maximum absolute atomic E-state index is 12.8. The van der Waals surface area contributed by atoms with Gasteiger partial charge in [0.15, 0.2) is 0 Å². The number of halogens is 1. The molecule has 0 amide bonds. The third-order valence-electron chi connectivity index (χ3n) is 2.90. The number of hydrogen-bond acceptors (Lipinski definition) is 3. The molecule has 0 spiro atoms. The molecule has 2 rings (SSSR count). The van der Waals surface area contributed by atoms with E-state index >= 15 is 0 Å². The minimum absolute atomic E-state index is 0.192. The Balaban J connectivity index is 1.87. The molecule has 1 atom stereocenters. The van der Waals surface area contributed by atoms with E-state index in [2.05, 4.69) is 10.4 Å². The molecule has 0 bridgehead atoms. The largest absolute Gasteiger partial charge is 0.316 e. The third kappa shape index (κ3) is 4.36. The van der Waals surface area contributed by atoms with Crippen LogP contribution in [0.1, 0.15) is 5.69 Å². The van der Waals surface area contributed by atoms with Gasteiger partial charge >= 0.3 is 0 Å². The van der Waals surface area contributed by atoms with Gasteiger partial charge in [-0.2, -0.15) is 5.10 Å². The molecule has 0 saturated heterocycles. The first-order valence-electron chi connectivity index (χ1n) is 6.21. The van der Waals surface area contributed by atoms with Crippen molar-refractivity contribution in [1.82, 2.24) is 15.1 Å². The van der Waals surface area contributed by atoms with Crippen molar-refractivity contribution in [2.24, 2.45) is 7.05 Å². The lowest BCUT2D eigenvalue weighted by Crippen LogP contribution is -2.30. The molecule has 0 saturated carbocycles. The first-order valence-corrected chi connectivity index (χ1v) is 7.20. The Hall–Kier alpha value is -1.33. The van der Waals surface area contributed by atoms with E-state index in [0.717, 1.165) is 22.8 Å². The number of aromatic nitrogens is 2. The summed E-state index contributed by atoms with van der Waals surface area (Å²) in [6, 6.07) is 9.00. The van der Waals surface area contributed by atoms with Crippen LogP contribution in [0.3, 0.4) is 0 Å². The Kier molecular flexibility index (Phi) is 4.99. The number of thioether (sulfide) groups is 1. The van der Waals surface area contributed by atoms with Crippen molar-refractivity contribution in [2.75, 3.05) is 12.8 Å². The monoisotopic (exact) mass is 279 g/mol. The molecule has 1 aromatic carbocycles. The van der Waals surface area contributed by atoms with Gasteiger partial charge in [0.25, 0.3) is 0 Å². The Morgan fingerprint density at radius 3 is 2.63 bits per heavy atom. The molecule has 3 nitrogen and oxygen atoms in total. The SMILES string of the molecule is CNC(CSc1ccc(F)cc1)Cc1ccn(C)n1. The van der Waals surface area contributed by atoms with Gasteiger partial charge in [-0.15, -0.1) is 11.8 Å². The van der Waals surface area contributed by atoms with E-state index in [0.29, 0.717) is 6.04 Å². The molecule has 1 aromatic heterocycles. The zero-order valence-corrected chi connectivity index (χ0v) is 12.0. The van der Waals surface area contributed by atoms with Gasteiger partial charge in [0, 0.05) is 36.4 Å². The molecular weight excluding hydrogens is 261 g/mol. The van der Waals surface area contributed by atoms with E-state index in [4.69, 9.17) is 0 Å². The number of rotatable bonds is 6. The Morgan fingerprint density at radius 2 is 2.05 bits per heavy atom. The molecule has 0 radical (unpaired) electrons. The molecule has 0 aliphatic carbocycles. The van der Waals surface area contributed by atoms with Gasteiger partial charge in [-0.1, -0.05) is 0 Å². The number of likely N-dealkylation sites (N-methyl/N-ethyl adjacent to an activating group) is 1. The summed E-state index contributed by atoms with van der Waals surface area (Å²) in [5, 5.41) is 7.68. The smallest absolute Gasteiger partial charge is 0.123 e. The van der Waals surface area contributed by atoms with Gasteiger partial charge in [-0.3, -0.25) is 4.68 Å². The molecular formula is C14H18FN3S. The number of benzene rings is 1. The summed E-state index contributed by atoms with van der Waals surface area (Å²) in [5.41, 5.74) is 1.08. The summed E-state index contributed by atoms with van der Waals surface area (Å²) >= 11 is 1.72. The van der Waals surface area contributed by atoms with E-state index in [1.807, 2.05) is 43.2 Å². The van der Waals surface area contributed by atoms with Crippen LogP contribution in [-0.4, -0.2) is 28.6 Å². The standard InChI is InChI=1S/C14H18FN3S/c1-16-13(9-12-7-8-18(2)17-12)10-19-14-5-3-11(15)4-6-14/h3-8,13,16H,9-10H2,1-2H3. The lowest BCUT2D eigenvalue weighted by molar-refractivity contribution is 0.600. The van der Waals surface area contributed by atoms with Gasteiger partial charge in [0.2, 0.25) is 0 Å². The van der Waals surface area contributed by atoms with E-state index in [9.17, 15) is 4.39 Å². The topological polar surface area (TPSA) is 29.9 Å². The van der Waals surface area contributed by atoms with Crippen molar-refractivity contribution >= 4 is 11.8 Å². The van der Waals surface area contributed by atoms with Crippen LogP contribution in [-0.2, 0) is 13.5 Å². The van der Waals surface area contributed by atoms with Gasteiger partial charge in [-0.05, 0) is 37.4 Å². The number of aryl methyl sites for hydroxylation is 1. The van der Waals surface area contributed by atoms with E-state index < -0.39 is 0 Å². The molecule has 1 heterocycles. The van der Waals surface area contributed by atoms with Crippen molar-refractivity contribution in [1.29, 1.82) is 0 Å². The van der Waals surface area contributed by atoms with Crippen LogP contribution in [0.5, 0.6) is 0 Å². The second-order valence-electron chi connectivity index (χ2n) is 4.44. The summed E-state index contributed by atoms with van der Waals surface area (Å²) in [6.07, 6.45) is 2.85. The Bertz CT molecular complexity index is 510. The number of nitrogens with zero attached hydrogens (tertiary/aromatic N) is 2. The highest BCUT2D eigenvalue weighted by Gasteiger charge is 2.10. The summed E-state index contributed by atoms with van der Waals surface area (Å²) in [7, 11) is 3.88. The highest BCUT2D eigenvalue weighted by Crippen LogP contribution is 2.19. The van der Waals surface area contributed by atoms with Crippen LogP contribution in [0.25, 0.3) is 0 Å². The van der Waals surface area contributed by atoms with E-state index in [1.165, 1.54) is 12.1 Å². The van der Waals surface area contributed by atoms with Crippen LogP contribution >= 0.6 is 11.8 Å². The summed E-state index contributed by atoms with van der Waals surface area (Å²) in [5.74, 6) is 0.738. The van der Waals surface area contributed by atoms with Gasteiger partial charge in [-0.25, -0.2) is 4.39 Å². The van der Waals surface area contributed by atoms with Gasteiger partial charge in [0.05, 0.1) is 5.69 Å². The molecule has 1 unspecified atom stereocenters. The maximum Gasteiger partial charge on any atom is 0.123 e. The number of nitrogens with one attached hydrogen (secondary N) is 1. The summed E-state index contributed by atoms with van der Waals surface area (Å²) in [4.78, 5) is 1.09. The lowest BCUT2D eigenvalue weighted by atomic mass is 10.2. The molecule has 0 aliphatic heterocycles. The third-order valence-corrected chi connectivity index (χ3v) is 4.07. The lowest BCUT2D eigenvalue weighted by Gasteiger charge is -2.14. The molecule has 2 aromatic rings. The fraction of sp³-hybridized carbons (Fsp3) is 0.357. The first-order chi connectivity index (χ1) is 9.17. The van der Waals surface area contributed by atoms with Crippen LogP contribution in [0.4, 0.5) is 4.39 Å². The molecule has 0 fully saturated rings. The van der Waals surface area contributed by atoms with Gasteiger partial charge < -0.3 is 5.32 Å². The predicted molar refractivity (Wildman–Crippen MR) is 76.9 cm³/mol. The molecule has 102 valence electrons. The van der Waals surface area contributed by atoms with Gasteiger partial charge in [0.1, 0.15) is 5.82 Å². The molecule has 19 heavy (non-hydrogen) atoms. The Labute approximate surface area is 117 Å². The highest BCUT2D eigenvalue weighted by atomic mass is 32.2. The second kappa shape index (κ2) is 6.73. The fourth-order valence-corrected chi connectivity index (χ4v) is 2.80. The van der Waals surface area contributed by atoms with Crippen LogP contribution in [0.2, 0.25) is 0 Å². The predicted octanol–water partition coefficient (Wildman–Crippen LogP) is 2.48. The fourth-order valence-electron chi connectivity index (χ4n) is 1.80. The average molecular weight is 279 g/mol. The Morgan fingerprint density at radius 1 is 1.32 bits per heavy atom. The quantitative estimate of drug-likeness (QED) is 0.824. The van der Waals surface area contributed by atoms with Crippen LogP contribution in [0.15, 0.2) is 41.4 Å². The van der Waals surface area contributed by atoms with Crippen molar-refractivity contribution in [3.8, 4) is 0 Å². The zero-order chi connectivity index (χ0) is 13.7. The normalized spacial score (nSPS) is 12.6. The second-order valence-corrected chi connectivity index (χ2v) is 5.53. The molecule has 5 heteroatoms. The van der Waals surface area contributed by atoms with Crippen molar-refractivity contribution < 1.29 is 4.39 Å². The summed E-state index contributed by atoms with van der Waals surface area (Å²) in [6.45, 7) is 0. The minimum Gasteiger partial charge on any atom is -0.316 e. The summed E-state index contributed by atoms with van der Waals surface area (Å²) < 4.78 is 14.6. The molecule has 1 N–H and O–H groups in total. The van der Waals surface area contributed by atoms with E-state index in [1.54, 1.807) is 11.8 Å². The highest BCUT2D eigenvalue weighted by molar-refractivity contribution is 7.99. The maximum atomic E-state index is 12.8. The van der Waals surface area contributed by atoms with Crippen molar-refractivity contribution in [3.63, 3.8) is 0 Å². The zero-order valence-electron chi connectivity index (χ0n) is 11.1. The average Bonchev–Trinajstić information content (AvgIpc) is 2.82. The minimum atomic E-state index is -0.192. The number of hydrogen-bond donors (Lipinski definition) is 1. The molecule has 0 aliphatic rings. The van der Waals surface area contributed by atoms with Crippen molar-refractivity contribution in [2.45, 2.75) is 17.4 Å². The first kappa shape index (κ1) is 14.1.